The van der Waals surface area contributed by atoms with Crippen LogP contribution in [0.4, 0.5) is 13.2 Å². The molecule has 1 aliphatic heterocycles. The number of aromatic nitrogens is 2. The monoisotopic (exact) mass is 694 g/mol. The molecule has 2 amide bonds. The predicted octanol–water partition coefficient (Wildman–Crippen LogP) is 7.51. The van der Waals surface area contributed by atoms with Gasteiger partial charge in [-0.1, -0.05) is 56.5 Å². The number of halogens is 3. The van der Waals surface area contributed by atoms with Crippen molar-refractivity contribution in [3.05, 3.63) is 75.7 Å². The van der Waals surface area contributed by atoms with Crippen molar-refractivity contribution in [1.29, 1.82) is 0 Å². The molecule has 3 aromatic rings. The molecule has 1 saturated heterocycles. The van der Waals surface area contributed by atoms with Crippen LogP contribution in [0.2, 0.25) is 0 Å². The Bertz CT molecular complexity index is 1670. The van der Waals surface area contributed by atoms with Gasteiger partial charge in [0.1, 0.15) is 10.9 Å². The van der Waals surface area contributed by atoms with Crippen LogP contribution in [0.25, 0.3) is 17.0 Å². The van der Waals surface area contributed by atoms with Crippen molar-refractivity contribution in [3.8, 4) is 11.4 Å². The molecule has 3 aliphatic rings. The van der Waals surface area contributed by atoms with Gasteiger partial charge < -0.3 is 15.3 Å². The molecule has 0 spiro atoms. The number of aliphatic carboxylic acids is 1. The molecule has 2 fully saturated rings. The third kappa shape index (κ3) is 8.22. The Morgan fingerprint density at radius 3 is 2.22 bits per heavy atom. The molecule has 1 saturated carbocycles. The lowest BCUT2D eigenvalue weighted by atomic mass is 9.71. The highest BCUT2D eigenvalue weighted by atomic mass is 32.1. The number of carboxylic acids is 1. The largest absolute Gasteiger partial charge is 0.481 e. The highest BCUT2D eigenvalue weighted by Crippen LogP contribution is 2.42. The van der Waals surface area contributed by atoms with E-state index in [-0.39, 0.29) is 24.4 Å². The maximum absolute atomic E-state index is 13.3. The van der Waals surface area contributed by atoms with Gasteiger partial charge in [0, 0.05) is 43.0 Å². The van der Waals surface area contributed by atoms with Crippen molar-refractivity contribution >= 4 is 34.7 Å². The molecular formula is C37H41F3N4O4S. The summed E-state index contributed by atoms with van der Waals surface area (Å²) >= 11 is 0.299. The van der Waals surface area contributed by atoms with E-state index in [1.807, 2.05) is 24.5 Å². The Morgan fingerprint density at radius 1 is 0.959 bits per heavy atom. The summed E-state index contributed by atoms with van der Waals surface area (Å²) in [7, 11) is 0. The fraction of sp³-hybridized carbons (Fsp3) is 0.486. The van der Waals surface area contributed by atoms with E-state index in [2.05, 4.69) is 28.3 Å². The number of alkyl halides is 3. The van der Waals surface area contributed by atoms with Crippen LogP contribution in [-0.4, -0.2) is 56.9 Å². The quantitative estimate of drug-likeness (QED) is 0.227. The summed E-state index contributed by atoms with van der Waals surface area (Å²) in [4.78, 5) is 47.0. The third-order valence-electron chi connectivity index (χ3n) is 10.5. The summed E-state index contributed by atoms with van der Waals surface area (Å²) in [5.41, 5.74) is 3.80. The van der Waals surface area contributed by atoms with Crippen molar-refractivity contribution in [1.82, 2.24) is 20.2 Å². The molecule has 8 nitrogen and oxygen atoms in total. The lowest BCUT2D eigenvalue weighted by molar-refractivity contribution is -0.153. The fourth-order valence-corrected chi connectivity index (χ4v) is 8.13. The predicted molar refractivity (Wildman–Crippen MR) is 181 cm³/mol. The highest BCUT2D eigenvalue weighted by molar-refractivity contribution is 7.14. The third-order valence-corrected chi connectivity index (χ3v) is 11.6. The summed E-state index contributed by atoms with van der Waals surface area (Å²) in [6.45, 7) is 2.31. The van der Waals surface area contributed by atoms with Gasteiger partial charge in [0.25, 0.3) is 5.91 Å². The normalized spacial score (nSPS) is 22.2. The summed E-state index contributed by atoms with van der Waals surface area (Å²) in [5.74, 6) is 0.0763. The first-order valence-electron chi connectivity index (χ1n) is 17.1. The second kappa shape index (κ2) is 14.8. The number of allylic oxidation sites excluding steroid dienone is 2. The molecule has 0 radical (unpaired) electrons. The maximum Gasteiger partial charge on any atom is 0.425 e. The number of benzene rings is 1. The first kappa shape index (κ1) is 34.8. The Balaban J connectivity index is 1.09. The van der Waals surface area contributed by atoms with Gasteiger partial charge in [0.05, 0.1) is 10.8 Å². The van der Waals surface area contributed by atoms with Crippen LogP contribution < -0.4 is 5.32 Å². The molecule has 2 atom stereocenters. The van der Waals surface area contributed by atoms with Gasteiger partial charge >= 0.3 is 12.1 Å². The van der Waals surface area contributed by atoms with Gasteiger partial charge in [0.15, 0.2) is 5.82 Å². The zero-order chi connectivity index (χ0) is 34.7. The van der Waals surface area contributed by atoms with Crippen LogP contribution in [0, 0.1) is 23.7 Å². The number of amides is 2. The number of hydrogen-bond donors (Lipinski definition) is 2. The molecule has 2 N–H and O–H groups in total. The van der Waals surface area contributed by atoms with Gasteiger partial charge in [-0.25, -0.2) is 9.97 Å². The molecule has 6 rings (SSSR count). The van der Waals surface area contributed by atoms with E-state index in [4.69, 9.17) is 0 Å². The van der Waals surface area contributed by atoms with Crippen molar-refractivity contribution in [3.63, 3.8) is 0 Å². The van der Waals surface area contributed by atoms with Gasteiger partial charge in [-0.15, -0.1) is 11.3 Å². The average Bonchev–Trinajstić information content (AvgIpc) is 3.60. The Hall–Kier alpha value is -4.06. The molecular weight excluding hydrogens is 653 g/mol. The Labute approximate surface area is 287 Å². The number of nitrogens with one attached hydrogen (secondary N) is 1. The number of carbonyl (C=O) groups excluding carboxylic acids is 2. The summed E-state index contributed by atoms with van der Waals surface area (Å²) < 4.78 is 39.3. The highest BCUT2D eigenvalue weighted by Gasteiger charge is 2.39. The van der Waals surface area contributed by atoms with Gasteiger partial charge in [-0.2, -0.15) is 13.2 Å². The maximum atomic E-state index is 13.3. The lowest BCUT2D eigenvalue weighted by Crippen LogP contribution is -2.59. The summed E-state index contributed by atoms with van der Waals surface area (Å²) in [5, 5.41) is 11.8. The van der Waals surface area contributed by atoms with E-state index in [1.165, 1.54) is 49.0 Å². The molecule has 2 aliphatic carbocycles. The molecule has 1 aromatic carbocycles. The minimum absolute atomic E-state index is 0.00145. The minimum atomic E-state index is -4.59. The smallest absolute Gasteiger partial charge is 0.425 e. The molecule has 1 unspecified atom stereocenters. The number of likely N-dealkylation sites (tertiary alicyclic amines) is 1. The van der Waals surface area contributed by atoms with Gasteiger partial charge in [-0.05, 0) is 73.1 Å². The number of nitrogens with zero attached hydrogens (tertiary/aromatic N) is 3. The number of hydrogen-bond acceptors (Lipinski definition) is 6. The Morgan fingerprint density at radius 2 is 1.65 bits per heavy atom. The van der Waals surface area contributed by atoms with Crippen LogP contribution in [0.1, 0.15) is 84.0 Å². The van der Waals surface area contributed by atoms with Crippen molar-refractivity contribution < 1.29 is 32.7 Å². The zero-order valence-corrected chi connectivity index (χ0v) is 28.2. The van der Waals surface area contributed by atoms with Crippen LogP contribution in [0.3, 0.4) is 0 Å². The topological polar surface area (TPSA) is 112 Å². The number of carboxylic acid groups (broad SMARTS) is 1. The van der Waals surface area contributed by atoms with Gasteiger partial charge in [0.2, 0.25) is 5.91 Å². The van der Waals surface area contributed by atoms with Gasteiger partial charge in [-0.3, -0.25) is 14.4 Å². The molecule has 3 heterocycles. The molecule has 260 valence electrons. The van der Waals surface area contributed by atoms with E-state index in [0.717, 1.165) is 53.9 Å². The van der Waals surface area contributed by atoms with Crippen molar-refractivity contribution in [2.24, 2.45) is 23.7 Å². The lowest BCUT2D eigenvalue weighted by Gasteiger charge is -2.38. The molecule has 0 bridgehead atoms. The Kier molecular flexibility index (Phi) is 10.5. The van der Waals surface area contributed by atoms with E-state index in [0.29, 0.717) is 22.7 Å². The summed E-state index contributed by atoms with van der Waals surface area (Å²) in [6, 6.07) is 8.04. The molecule has 2 aromatic heterocycles. The van der Waals surface area contributed by atoms with E-state index in [9.17, 15) is 32.7 Å². The van der Waals surface area contributed by atoms with Crippen LogP contribution in [0.15, 0.2) is 54.9 Å². The van der Waals surface area contributed by atoms with Crippen LogP contribution in [-0.2, 0) is 22.2 Å². The molecule has 49 heavy (non-hydrogen) atoms. The number of rotatable bonds is 10. The SMILES string of the molecule is CC[C@H]1CC[C@H](C2CC=C(c3cnc(-c4ccc(C[C@H](NC(=O)c5ccc(C(F)(F)F)s5)C(=O)N5CC(C(=O)O)C5)cc4)nc3)CC2)CC1. The second-order valence-electron chi connectivity index (χ2n) is 13.6. The standard InChI is InChI=1S/C37H41F3N4O4S/c1-2-22-3-7-24(8-4-22)25-11-13-26(14-12-25)28-18-41-33(42-19-28)27-9-5-23(6-10-27)17-30(35(46)44-20-29(21-44)36(47)48)43-34(45)31-15-16-32(49-31)37(38,39)40/h5-6,9-10,13,15-16,18-19,22,24-25,29-30H,2-4,7-8,11-12,14,17,20-21H2,1H3,(H,43,45)(H,47,48)/t22-,24-,25?,30-/m0/s1. The van der Waals surface area contributed by atoms with Crippen LogP contribution >= 0.6 is 11.3 Å². The van der Waals surface area contributed by atoms with E-state index in [1.54, 1.807) is 12.1 Å². The van der Waals surface area contributed by atoms with Crippen molar-refractivity contribution in [2.45, 2.75) is 76.9 Å². The average molecular weight is 695 g/mol. The van der Waals surface area contributed by atoms with Crippen LogP contribution in [0.5, 0.6) is 0 Å². The number of carbonyl (C=O) groups is 3. The van der Waals surface area contributed by atoms with E-state index >= 15 is 0 Å². The van der Waals surface area contributed by atoms with E-state index < -0.39 is 40.8 Å². The zero-order valence-electron chi connectivity index (χ0n) is 27.4. The summed E-state index contributed by atoms with van der Waals surface area (Å²) in [6.07, 6.45) is 11.7. The van der Waals surface area contributed by atoms with Crippen molar-refractivity contribution in [2.75, 3.05) is 13.1 Å². The minimum Gasteiger partial charge on any atom is -0.481 e. The fourth-order valence-electron chi connectivity index (χ4n) is 7.36. The molecule has 12 heteroatoms. The first-order chi connectivity index (χ1) is 23.5. The number of thiophene rings is 1. The second-order valence-corrected chi connectivity index (χ2v) is 14.7. The first-order valence-corrected chi connectivity index (χ1v) is 17.9.